The quantitative estimate of drug-likeness (QED) is 0.490. The van der Waals surface area contributed by atoms with E-state index in [0.29, 0.717) is 16.5 Å². The smallest absolute Gasteiger partial charge is 0.238 e. The van der Waals surface area contributed by atoms with Crippen LogP contribution < -0.4 is 9.64 Å². The second-order valence-corrected chi connectivity index (χ2v) is 8.33. The van der Waals surface area contributed by atoms with Crippen LogP contribution in [0.15, 0.2) is 66.7 Å². The summed E-state index contributed by atoms with van der Waals surface area (Å²) in [6, 6.07) is 21.3. The maximum atomic E-state index is 12.6. The van der Waals surface area contributed by atoms with E-state index in [1.165, 1.54) is 11.1 Å². The van der Waals surface area contributed by atoms with E-state index in [9.17, 15) is 4.79 Å². The summed E-state index contributed by atoms with van der Waals surface area (Å²) >= 11 is 7.57. The second-order valence-electron chi connectivity index (χ2n) is 6.82. The van der Waals surface area contributed by atoms with E-state index in [1.807, 2.05) is 41.3 Å². The molecule has 142 valence electrons. The first kappa shape index (κ1) is 18.9. The molecule has 1 atom stereocenters. The SMILES string of the molecule is Cc1ccc(C2SCC(=O)N2c2ccc(Oc3ccc(Cl)cc3)cc2)cc1C. The van der Waals surface area contributed by atoms with Crippen LogP contribution in [0.2, 0.25) is 5.02 Å². The Morgan fingerprint density at radius 1 is 0.929 bits per heavy atom. The molecular formula is C23H20ClNO2S. The molecule has 1 fully saturated rings. The van der Waals surface area contributed by atoms with Gasteiger partial charge in [-0.1, -0.05) is 29.8 Å². The number of anilines is 1. The first-order valence-electron chi connectivity index (χ1n) is 9.05. The molecule has 1 saturated heterocycles. The Balaban J connectivity index is 1.56. The van der Waals surface area contributed by atoms with Crippen molar-refractivity contribution in [3.05, 3.63) is 88.4 Å². The van der Waals surface area contributed by atoms with Crippen molar-refractivity contribution in [1.82, 2.24) is 0 Å². The lowest BCUT2D eigenvalue weighted by Crippen LogP contribution is -2.27. The first-order chi connectivity index (χ1) is 13.5. The number of ether oxygens (including phenoxy) is 1. The molecule has 3 aromatic carbocycles. The number of hydrogen-bond acceptors (Lipinski definition) is 3. The Morgan fingerprint density at radius 2 is 1.57 bits per heavy atom. The summed E-state index contributed by atoms with van der Waals surface area (Å²) in [5, 5.41) is 0.667. The lowest BCUT2D eigenvalue weighted by molar-refractivity contribution is -0.115. The summed E-state index contributed by atoms with van der Waals surface area (Å²) in [5.41, 5.74) is 4.53. The van der Waals surface area contributed by atoms with Crippen LogP contribution in [-0.2, 0) is 4.79 Å². The number of halogens is 1. The predicted octanol–water partition coefficient (Wildman–Crippen LogP) is 6.53. The second kappa shape index (κ2) is 7.90. The van der Waals surface area contributed by atoms with E-state index in [0.717, 1.165) is 17.0 Å². The van der Waals surface area contributed by atoms with Crippen molar-refractivity contribution in [3.8, 4) is 11.5 Å². The molecule has 0 spiro atoms. The molecule has 5 heteroatoms. The molecule has 0 aromatic heterocycles. The lowest BCUT2D eigenvalue weighted by atomic mass is 10.1. The van der Waals surface area contributed by atoms with Crippen LogP contribution in [0.4, 0.5) is 5.69 Å². The number of carbonyl (C=O) groups excluding carboxylic acids is 1. The van der Waals surface area contributed by atoms with Crippen LogP contribution >= 0.6 is 23.4 Å². The van der Waals surface area contributed by atoms with Gasteiger partial charge in [-0.15, -0.1) is 11.8 Å². The molecule has 0 radical (unpaired) electrons. The molecule has 1 heterocycles. The molecule has 0 aliphatic carbocycles. The highest BCUT2D eigenvalue weighted by atomic mass is 35.5. The van der Waals surface area contributed by atoms with E-state index in [-0.39, 0.29) is 11.3 Å². The number of amides is 1. The zero-order valence-corrected chi connectivity index (χ0v) is 17.3. The van der Waals surface area contributed by atoms with Gasteiger partial charge < -0.3 is 4.74 Å². The molecule has 3 aromatic rings. The summed E-state index contributed by atoms with van der Waals surface area (Å²) in [7, 11) is 0. The molecule has 28 heavy (non-hydrogen) atoms. The van der Waals surface area contributed by atoms with Gasteiger partial charge in [0.2, 0.25) is 5.91 Å². The number of carbonyl (C=O) groups is 1. The topological polar surface area (TPSA) is 29.5 Å². The average Bonchev–Trinajstić information content (AvgIpc) is 3.08. The van der Waals surface area contributed by atoms with E-state index < -0.39 is 0 Å². The molecule has 1 amide bonds. The molecule has 0 bridgehead atoms. The number of aryl methyl sites for hydroxylation is 2. The van der Waals surface area contributed by atoms with Gasteiger partial charge in [-0.3, -0.25) is 9.69 Å². The van der Waals surface area contributed by atoms with Crippen molar-refractivity contribution in [2.24, 2.45) is 0 Å². The van der Waals surface area contributed by atoms with Gasteiger partial charge >= 0.3 is 0 Å². The Hall–Kier alpha value is -2.43. The van der Waals surface area contributed by atoms with Crippen molar-refractivity contribution in [2.75, 3.05) is 10.7 Å². The third-order valence-corrected chi connectivity index (χ3v) is 6.31. The Morgan fingerprint density at radius 3 is 2.21 bits per heavy atom. The fourth-order valence-corrected chi connectivity index (χ4v) is 4.47. The Kier molecular flexibility index (Phi) is 5.33. The van der Waals surface area contributed by atoms with Crippen LogP contribution in [0.3, 0.4) is 0 Å². The van der Waals surface area contributed by atoms with Crippen molar-refractivity contribution in [3.63, 3.8) is 0 Å². The van der Waals surface area contributed by atoms with Gasteiger partial charge in [-0.05, 0) is 79.1 Å². The van der Waals surface area contributed by atoms with E-state index >= 15 is 0 Å². The van der Waals surface area contributed by atoms with Crippen LogP contribution in [0.5, 0.6) is 11.5 Å². The van der Waals surface area contributed by atoms with Gasteiger partial charge in [0.05, 0.1) is 5.75 Å². The zero-order valence-electron chi connectivity index (χ0n) is 15.7. The monoisotopic (exact) mass is 409 g/mol. The van der Waals surface area contributed by atoms with Crippen molar-refractivity contribution < 1.29 is 9.53 Å². The van der Waals surface area contributed by atoms with Crippen molar-refractivity contribution >= 4 is 35.0 Å². The average molecular weight is 410 g/mol. The Bertz CT molecular complexity index is 1000. The number of hydrogen-bond donors (Lipinski definition) is 0. The van der Waals surface area contributed by atoms with Crippen molar-refractivity contribution in [1.29, 1.82) is 0 Å². The van der Waals surface area contributed by atoms with Crippen LogP contribution in [0.1, 0.15) is 22.1 Å². The number of thioether (sulfide) groups is 1. The van der Waals surface area contributed by atoms with E-state index in [1.54, 1.807) is 23.9 Å². The maximum absolute atomic E-state index is 12.6. The maximum Gasteiger partial charge on any atom is 0.238 e. The molecule has 1 aliphatic rings. The summed E-state index contributed by atoms with van der Waals surface area (Å²) in [4.78, 5) is 14.5. The summed E-state index contributed by atoms with van der Waals surface area (Å²) in [6.45, 7) is 4.21. The zero-order chi connectivity index (χ0) is 19.7. The molecule has 1 aliphatic heterocycles. The van der Waals surface area contributed by atoms with Gasteiger partial charge in [0.15, 0.2) is 0 Å². The van der Waals surface area contributed by atoms with Crippen LogP contribution in [0.25, 0.3) is 0 Å². The Labute approximate surface area is 174 Å². The van der Waals surface area contributed by atoms with Crippen molar-refractivity contribution in [2.45, 2.75) is 19.2 Å². The fourth-order valence-electron chi connectivity index (χ4n) is 3.18. The molecule has 1 unspecified atom stereocenters. The highest BCUT2D eigenvalue weighted by Crippen LogP contribution is 2.42. The summed E-state index contributed by atoms with van der Waals surface area (Å²) < 4.78 is 5.85. The van der Waals surface area contributed by atoms with E-state index in [4.69, 9.17) is 16.3 Å². The predicted molar refractivity (Wildman–Crippen MR) is 117 cm³/mol. The largest absolute Gasteiger partial charge is 0.457 e. The molecular weight excluding hydrogens is 390 g/mol. The van der Waals surface area contributed by atoms with E-state index in [2.05, 4.69) is 32.0 Å². The standard InChI is InChI=1S/C23H20ClNO2S/c1-15-3-4-17(13-16(15)2)23-25(22(26)14-28-23)19-7-11-21(12-8-19)27-20-9-5-18(24)6-10-20/h3-13,23H,14H2,1-2H3. The number of rotatable bonds is 4. The third-order valence-electron chi connectivity index (χ3n) is 4.85. The molecule has 0 saturated carbocycles. The van der Waals surface area contributed by atoms with Crippen LogP contribution in [-0.4, -0.2) is 11.7 Å². The number of benzene rings is 3. The molecule has 0 N–H and O–H groups in total. The highest BCUT2D eigenvalue weighted by molar-refractivity contribution is 8.00. The van der Waals surface area contributed by atoms with Gasteiger partial charge in [0.25, 0.3) is 0 Å². The van der Waals surface area contributed by atoms with Crippen LogP contribution in [0, 0.1) is 13.8 Å². The minimum Gasteiger partial charge on any atom is -0.457 e. The fraction of sp³-hybridized carbons (Fsp3) is 0.174. The van der Waals surface area contributed by atoms with Gasteiger partial charge in [0, 0.05) is 10.7 Å². The molecule has 4 rings (SSSR count). The summed E-state index contributed by atoms with van der Waals surface area (Å²) in [5.74, 6) is 2.05. The van der Waals surface area contributed by atoms with Gasteiger partial charge in [-0.25, -0.2) is 0 Å². The highest BCUT2D eigenvalue weighted by Gasteiger charge is 2.34. The minimum atomic E-state index is -0.00478. The lowest BCUT2D eigenvalue weighted by Gasteiger charge is -2.25. The normalized spacial score (nSPS) is 16.5. The van der Waals surface area contributed by atoms with Gasteiger partial charge in [-0.2, -0.15) is 0 Å². The summed E-state index contributed by atoms with van der Waals surface area (Å²) in [6.07, 6.45) is 0. The molecule has 3 nitrogen and oxygen atoms in total. The first-order valence-corrected chi connectivity index (χ1v) is 10.5. The van der Waals surface area contributed by atoms with Gasteiger partial charge in [0.1, 0.15) is 16.9 Å². The third kappa shape index (κ3) is 3.89. The number of nitrogens with zero attached hydrogens (tertiary/aromatic N) is 1. The minimum absolute atomic E-state index is 0.00478.